The molecular weight excluding hydrogens is 345 g/mol. The van der Waals surface area contributed by atoms with Gasteiger partial charge in [-0.25, -0.2) is 4.39 Å². The van der Waals surface area contributed by atoms with Gasteiger partial charge in [-0.2, -0.15) is 0 Å². The molecule has 2 aromatic carbocycles. The second-order valence-corrected chi connectivity index (χ2v) is 7.63. The van der Waals surface area contributed by atoms with Crippen molar-refractivity contribution in [2.24, 2.45) is 0 Å². The molecule has 1 aromatic heterocycles. The number of fused-ring (bicyclic) bond motifs is 1. The minimum Gasteiger partial charge on any atom is -0.344 e. The SMILES string of the molecule is O=C(N[C@@H](c1ccc(F)cc1)c1cccs1)[C@H]1CCCc2ccccc21. The highest BCUT2D eigenvalue weighted by Gasteiger charge is 2.28. The zero-order valence-corrected chi connectivity index (χ0v) is 15.1. The van der Waals surface area contributed by atoms with E-state index in [1.165, 1.54) is 17.7 Å². The Morgan fingerprint density at radius 3 is 2.65 bits per heavy atom. The fourth-order valence-electron chi connectivity index (χ4n) is 3.70. The van der Waals surface area contributed by atoms with Crippen molar-refractivity contribution in [1.29, 1.82) is 0 Å². The number of benzene rings is 2. The third-order valence-electron chi connectivity index (χ3n) is 5.00. The van der Waals surface area contributed by atoms with E-state index in [1.807, 2.05) is 29.6 Å². The van der Waals surface area contributed by atoms with E-state index >= 15 is 0 Å². The van der Waals surface area contributed by atoms with Crippen LogP contribution in [0.15, 0.2) is 66.0 Å². The van der Waals surface area contributed by atoms with Crippen LogP contribution >= 0.6 is 11.3 Å². The quantitative estimate of drug-likeness (QED) is 0.675. The van der Waals surface area contributed by atoms with E-state index in [1.54, 1.807) is 23.5 Å². The minimum absolute atomic E-state index is 0.0416. The van der Waals surface area contributed by atoms with Crippen LogP contribution in [0.1, 0.15) is 46.4 Å². The summed E-state index contributed by atoms with van der Waals surface area (Å²) in [6.07, 6.45) is 2.92. The van der Waals surface area contributed by atoms with Crippen LogP contribution in [0, 0.1) is 5.82 Å². The van der Waals surface area contributed by atoms with Crippen LogP contribution in [-0.2, 0) is 11.2 Å². The molecule has 2 atom stereocenters. The lowest BCUT2D eigenvalue weighted by Crippen LogP contribution is -2.34. The highest BCUT2D eigenvalue weighted by Crippen LogP contribution is 2.33. The summed E-state index contributed by atoms with van der Waals surface area (Å²) in [6, 6.07) is 18.3. The van der Waals surface area contributed by atoms with Crippen LogP contribution in [0.5, 0.6) is 0 Å². The largest absolute Gasteiger partial charge is 0.344 e. The first-order valence-corrected chi connectivity index (χ1v) is 9.77. The fourth-order valence-corrected chi connectivity index (χ4v) is 4.50. The van der Waals surface area contributed by atoms with Gasteiger partial charge in [0.15, 0.2) is 0 Å². The van der Waals surface area contributed by atoms with Crippen LogP contribution in [0.4, 0.5) is 4.39 Å². The summed E-state index contributed by atoms with van der Waals surface area (Å²) in [5.74, 6) is -0.353. The number of thiophene rings is 1. The summed E-state index contributed by atoms with van der Waals surface area (Å²) in [5.41, 5.74) is 3.31. The van der Waals surface area contributed by atoms with Gasteiger partial charge in [-0.15, -0.1) is 11.3 Å². The maximum atomic E-state index is 13.3. The highest BCUT2D eigenvalue weighted by molar-refractivity contribution is 7.10. The topological polar surface area (TPSA) is 29.1 Å². The van der Waals surface area contributed by atoms with Gasteiger partial charge < -0.3 is 5.32 Å². The number of nitrogens with one attached hydrogen (secondary N) is 1. The van der Waals surface area contributed by atoms with Gasteiger partial charge in [0.05, 0.1) is 12.0 Å². The van der Waals surface area contributed by atoms with Crippen molar-refractivity contribution < 1.29 is 9.18 Å². The summed E-state index contributed by atoms with van der Waals surface area (Å²) in [4.78, 5) is 14.2. The number of carbonyl (C=O) groups is 1. The smallest absolute Gasteiger partial charge is 0.228 e. The van der Waals surface area contributed by atoms with Crippen molar-refractivity contribution in [1.82, 2.24) is 5.32 Å². The monoisotopic (exact) mass is 365 g/mol. The number of halogens is 1. The molecule has 0 unspecified atom stereocenters. The predicted molar refractivity (Wildman–Crippen MR) is 103 cm³/mol. The lowest BCUT2D eigenvalue weighted by molar-refractivity contribution is -0.123. The number of hydrogen-bond donors (Lipinski definition) is 1. The molecule has 2 nitrogen and oxygen atoms in total. The van der Waals surface area contributed by atoms with Gasteiger partial charge in [-0.1, -0.05) is 42.5 Å². The van der Waals surface area contributed by atoms with Gasteiger partial charge in [0, 0.05) is 4.88 Å². The maximum absolute atomic E-state index is 13.3. The molecule has 0 saturated heterocycles. The first-order chi connectivity index (χ1) is 12.7. The number of amides is 1. The third kappa shape index (κ3) is 3.42. The van der Waals surface area contributed by atoms with Gasteiger partial charge in [0.1, 0.15) is 5.82 Å². The first-order valence-electron chi connectivity index (χ1n) is 8.89. The van der Waals surface area contributed by atoms with Crippen LogP contribution < -0.4 is 5.32 Å². The van der Waals surface area contributed by atoms with Gasteiger partial charge in [0.2, 0.25) is 5.91 Å². The molecule has 1 N–H and O–H groups in total. The lowest BCUT2D eigenvalue weighted by atomic mass is 9.82. The second kappa shape index (κ2) is 7.42. The Labute approximate surface area is 156 Å². The average molecular weight is 365 g/mol. The normalized spacial score (nSPS) is 17.3. The number of aryl methyl sites for hydroxylation is 1. The van der Waals surface area contributed by atoms with Crippen molar-refractivity contribution >= 4 is 17.2 Å². The van der Waals surface area contributed by atoms with E-state index in [0.717, 1.165) is 35.3 Å². The Hall–Kier alpha value is -2.46. The fraction of sp³-hybridized carbons (Fsp3) is 0.227. The van der Waals surface area contributed by atoms with Gasteiger partial charge in [-0.3, -0.25) is 4.79 Å². The molecule has 0 spiro atoms. The van der Waals surface area contributed by atoms with Gasteiger partial charge >= 0.3 is 0 Å². The highest BCUT2D eigenvalue weighted by atomic mass is 32.1. The molecule has 1 heterocycles. The van der Waals surface area contributed by atoms with Crippen LogP contribution in [0.2, 0.25) is 0 Å². The number of rotatable bonds is 4. The van der Waals surface area contributed by atoms with Crippen LogP contribution in [-0.4, -0.2) is 5.91 Å². The number of carbonyl (C=O) groups excluding carboxylic acids is 1. The summed E-state index contributed by atoms with van der Waals surface area (Å²) in [7, 11) is 0. The molecular formula is C22H20FNOS. The van der Waals surface area contributed by atoms with Crippen molar-refractivity contribution in [2.45, 2.75) is 31.2 Å². The molecule has 3 aromatic rings. The van der Waals surface area contributed by atoms with E-state index in [-0.39, 0.29) is 23.7 Å². The molecule has 132 valence electrons. The Bertz CT molecular complexity index is 889. The lowest BCUT2D eigenvalue weighted by Gasteiger charge is -2.27. The van der Waals surface area contributed by atoms with E-state index < -0.39 is 0 Å². The Morgan fingerprint density at radius 2 is 1.88 bits per heavy atom. The zero-order chi connectivity index (χ0) is 17.9. The molecule has 1 aliphatic carbocycles. The summed E-state index contributed by atoms with van der Waals surface area (Å²) < 4.78 is 13.3. The van der Waals surface area contributed by atoms with Gasteiger partial charge in [-0.05, 0) is 59.5 Å². The molecule has 0 saturated carbocycles. The molecule has 0 bridgehead atoms. The zero-order valence-electron chi connectivity index (χ0n) is 14.3. The van der Waals surface area contributed by atoms with Crippen molar-refractivity contribution in [3.8, 4) is 0 Å². The molecule has 0 fully saturated rings. The van der Waals surface area contributed by atoms with Gasteiger partial charge in [0.25, 0.3) is 0 Å². The van der Waals surface area contributed by atoms with Crippen LogP contribution in [0.3, 0.4) is 0 Å². The maximum Gasteiger partial charge on any atom is 0.228 e. The first kappa shape index (κ1) is 17.0. The third-order valence-corrected chi connectivity index (χ3v) is 5.94. The van der Waals surface area contributed by atoms with E-state index in [4.69, 9.17) is 0 Å². The Morgan fingerprint density at radius 1 is 1.08 bits per heavy atom. The van der Waals surface area contributed by atoms with E-state index in [0.29, 0.717) is 0 Å². The van der Waals surface area contributed by atoms with Crippen molar-refractivity contribution in [3.63, 3.8) is 0 Å². The summed E-state index contributed by atoms with van der Waals surface area (Å²) in [6.45, 7) is 0. The number of hydrogen-bond acceptors (Lipinski definition) is 2. The standard InChI is InChI=1S/C22H20FNOS/c23-17-12-10-16(11-13-17)21(20-9-4-14-26-20)24-22(25)19-8-3-6-15-5-1-2-7-18(15)19/h1-2,4-5,7,9-14,19,21H,3,6,8H2,(H,24,25)/t19-,21-/m0/s1. The van der Waals surface area contributed by atoms with E-state index in [2.05, 4.69) is 17.4 Å². The minimum atomic E-state index is -0.272. The average Bonchev–Trinajstić information content (AvgIpc) is 3.21. The molecule has 4 heteroatoms. The molecule has 26 heavy (non-hydrogen) atoms. The Kier molecular flexibility index (Phi) is 4.85. The predicted octanol–water partition coefficient (Wildman–Crippen LogP) is 5.21. The molecule has 0 radical (unpaired) electrons. The van der Waals surface area contributed by atoms with Crippen molar-refractivity contribution in [3.05, 3.63) is 93.4 Å². The molecule has 1 aliphatic rings. The summed E-state index contributed by atoms with van der Waals surface area (Å²) in [5, 5.41) is 5.21. The van der Waals surface area contributed by atoms with E-state index in [9.17, 15) is 9.18 Å². The molecule has 4 rings (SSSR count). The van der Waals surface area contributed by atoms with Crippen LogP contribution in [0.25, 0.3) is 0 Å². The molecule has 0 aliphatic heterocycles. The second-order valence-electron chi connectivity index (χ2n) is 6.65. The summed E-state index contributed by atoms with van der Waals surface area (Å²) >= 11 is 1.60. The molecule has 1 amide bonds. The van der Waals surface area contributed by atoms with Crippen molar-refractivity contribution in [2.75, 3.05) is 0 Å². The Balaban J connectivity index is 1.62.